The van der Waals surface area contributed by atoms with Crippen molar-refractivity contribution in [2.45, 2.75) is 10.4 Å². The maximum atomic E-state index is 14.5. The Bertz CT molecular complexity index is 1650. The molecule has 0 radical (unpaired) electrons. The Morgan fingerprint density at radius 1 is 0.932 bits per heavy atom. The molecule has 3 saturated heterocycles. The molecule has 1 N–H and O–H groups in total. The van der Waals surface area contributed by atoms with E-state index in [0.717, 1.165) is 0 Å². The normalized spacial score (nSPS) is 24.3. The molecule has 13 heteroatoms. The number of fused-ring (bicyclic) bond motifs is 2. The number of hydrogen-bond donors (Lipinski definition) is 1. The minimum atomic E-state index is -3.95. The van der Waals surface area contributed by atoms with Gasteiger partial charge in [0.2, 0.25) is 10.0 Å². The first-order chi connectivity index (χ1) is 21.2. The molecule has 0 saturated carbocycles. The second kappa shape index (κ2) is 11.9. The van der Waals surface area contributed by atoms with Gasteiger partial charge in [-0.05, 0) is 18.2 Å². The summed E-state index contributed by atoms with van der Waals surface area (Å²) in [4.78, 5) is 47.0. The fourth-order valence-corrected chi connectivity index (χ4v) is 7.88. The summed E-state index contributed by atoms with van der Waals surface area (Å²) < 4.78 is 38.9. The van der Waals surface area contributed by atoms with Gasteiger partial charge < -0.3 is 24.4 Å². The van der Waals surface area contributed by atoms with E-state index in [4.69, 9.17) is 9.47 Å². The summed E-state index contributed by atoms with van der Waals surface area (Å²) in [6.45, 7) is 7.51. The van der Waals surface area contributed by atoms with Gasteiger partial charge in [-0.25, -0.2) is 8.42 Å². The van der Waals surface area contributed by atoms with Crippen molar-refractivity contribution in [1.82, 2.24) is 14.1 Å². The standard InChI is InChI=1S/C31H34N4O8S/c1-2-10-34-25-9-4-3-8-24(25)31(30(34)39)26(28(37)29(38)35(31)12-11-32-13-17-42-18-14-32)27(36)22-6-5-7-23(21-22)44(40,41)33-15-19-43-20-16-33/h2-9,21,36H,1,10-20H2/b27-26+. The van der Waals surface area contributed by atoms with Crippen LogP contribution in [-0.2, 0) is 39.4 Å². The lowest BCUT2D eigenvalue weighted by molar-refractivity contribution is -0.144. The molecule has 4 heterocycles. The van der Waals surface area contributed by atoms with Gasteiger partial charge in [0.15, 0.2) is 5.54 Å². The number of hydrogen-bond acceptors (Lipinski definition) is 9. The van der Waals surface area contributed by atoms with Gasteiger partial charge in [0.05, 0.1) is 42.6 Å². The van der Waals surface area contributed by atoms with Crippen molar-refractivity contribution in [2.24, 2.45) is 0 Å². The molecule has 0 aromatic heterocycles. The van der Waals surface area contributed by atoms with Crippen LogP contribution in [0.15, 0.2) is 71.7 Å². The molecule has 1 atom stereocenters. The summed E-state index contributed by atoms with van der Waals surface area (Å²) in [6, 6.07) is 12.4. The van der Waals surface area contributed by atoms with E-state index in [0.29, 0.717) is 44.1 Å². The number of benzene rings is 2. The van der Waals surface area contributed by atoms with Crippen molar-refractivity contribution in [1.29, 1.82) is 0 Å². The minimum Gasteiger partial charge on any atom is -0.507 e. The predicted octanol–water partition coefficient (Wildman–Crippen LogP) is 1.15. The molecule has 232 valence electrons. The van der Waals surface area contributed by atoms with Gasteiger partial charge in [-0.1, -0.05) is 36.4 Å². The first-order valence-corrected chi connectivity index (χ1v) is 16.0. The average Bonchev–Trinajstić information content (AvgIpc) is 3.43. The maximum Gasteiger partial charge on any atom is 0.296 e. The third-order valence-electron chi connectivity index (χ3n) is 8.58. The van der Waals surface area contributed by atoms with Crippen LogP contribution in [0.1, 0.15) is 11.1 Å². The van der Waals surface area contributed by atoms with Gasteiger partial charge in [-0.2, -0.15) is 4.31 Å². The molecule has 4 aliphatic rings. The van der Waals surface area contributed by atoms with Crippen LogP contribution in [0.5, 0.6) is 0 Å². The molecule has 1 unspecified atom stereocenters. The number of carbonyl (C=O) groups excluding carboxylic acids is 3. The fourth-order valence-electron chi connectivity index (χ4n) is 6.43. The molecule has 12 nitrogen and oxygen atoms in total. The first kappa shape index (κ1) is 30.2. The molecule has 2 aromatic rings. The summed E-state index contributed by atoms with van der Waals surface area (Å²) in [5, 5.41) is 11.9. The molecule has 6 rings (SSSR count). The summed E-state index contributed by atoms with van der Waals surface area (Å²) in [5.41, 5.74) is -1.48. The van der Waals surface area contributed by atoms with E-state index < -0.39 is 44.5 Å². The Kier molecular flexibility index (Phi) is 8.16. The number of nitrogens with zero attached hydrogens (tertiary/aromatic N) is 4. The molecule has 2 aromatic carbocycles. The number of anilines is 1. The number of morpholine rings is 2. The van der Waals surface area contributed by atoms with Crippen LogP contribution in [0.2, 0.25) is 0 Å². The number of sulfonamides is 1. The molecule has 44 heavy (non-hydrogen) atoms. The lowest BCUT2D eigenvalue weighted by atomic mass is 9.82. The fraction of sp³-hybridized carbons (Fsp3) is 0.387. The molecule has 1 spiro atoms. The lowest BCUT2D eigenvalue weighted by Crippen LogP contribution is -2.54. The second-order valence-corrected chi connectivity index (χ2v) is 12.9. The number of amides is 2. The number of Topliss-reactive ketones (excluding diaryl/α,β-unsaturated/α-hetero) is 1. The van der Waals surface area contributed by atoms with Crippen LogP contribution in [0, 0.1) is 0 Å². The van der Waals surface area contributed by atoms with Gasteiger partial charge in [-0.15, -0.1) is 6.58 Å². The van der Waals surface area contributed by atoms with Crippen molar-refractivity contribution < 1.29 is 37.4 Å². The summed E-state index contributed by atoms with van der Waals surface area (Å²) >= 11 is 0. The summed E-state index contributed by atoms with van der Waals surface area (Å²) in [6.07, 6.45) is 1.55. The van der Waals surface area contributed by atoms with Crippen LogP contribution >= 0.6 is 0 Å². The lowest BCUT2D eigenvalue weighted by Gasteiger charge is -2.36. The largest absolute Gasteiger partial charge is 0.507 e. The molecular weight excluding hydrogens is 588 g/mol. The maximum absolute atomic E-state index is 14.5. The zero-order valence-electron chi connectivity index (χ0n) is 24.2. The van der Waals surface area contributed by atoms with E-state index in [9.17, 15) is 27.9 Å². The van der Waals surface area contributed by atoms with E-state index >= 15 is 0 Å². The number of para-hydroxylation sites is 1. The van der Waals surface area contributed by atoms with Crippen LogP contribution in [0.25, 0.3) is 5.76 Å². The topological polar surface area (TPSA) is 137 Å². The number of aliphatic hydroxyl groups excluding tert-OH is 1. The van der Waals surface area contributed by atoms with Gasteiger partial charge in [-0.3, -0.25) is 19.3 Å². The van der Waals surface area contributed by atoms with Crippen molar-refractivity contribution in [3.05, 3.63) is 77.9 Å². The smallest absolute Gasteiger partial charge is 0.296 e. The van der Waals surface area contributed by atoms with Crippen LogP contribution in [0.3, 0.4) is 0 Å². The molecular formula is C31H34N4O8S. The first-order valence-electron chi connectivity index (χ1n) is 14.5. The van der Waals surface area contributed by atoms with E-state index in [-0.39, 0.29) is 49.9 Å². The monoisotopic (exact) mass is 622 g/mol. The van der Waals surface area contributed by atoms with E-state index in [1.54, 1.807) is 30.3 Å². The number of ketones is 1. The zero-order chi connectivity index (χ0) is 31.1. The molecule has 0 aliphatic carbocycles. The van der Waals surface area contributed by atoms with Crippen LogP contribution < -0.4 is 4.90 Å². The Morgan fingerprint density at radius 3 is 2.32 bits per heavy atom. The van der Waals surface area contributed by atoms with Crippen LogP contribution in [-0.4, -0.2) is 117 Å². The van der Waals surface area contributed by atoms with Crippen molar-refractivity contribution >= 4 is 39.1 Å². The minimum absolute atomic E-state index is 0.00246. The van der Waals surface area contributed by atoms with Gasteiger partial charge >= 0.3 is 0 Å². The predicted molar refractivity (Wildman–Crippen MR) is 160 cm³/mol. The third kappa shape index (κ3) is 4.75. The summed E-state index contributed by atoms with van der Waals surface area (Å²) in [5.74, 6) is -3.13. The van der Waals surface area contributed by atoms with Crippen LogP contribution in [0.4, 0.5) is 5.69 Å². The quantitative estimate of drug-likeness (QED) is 0.199. The summed E-state index contributed by atoms with van der Waals surface area (Å²) in [7, 11) is -3.95. The zero-order valence-corrected chi connectivity index (χ0v) is 25.0. The van der Waals surface area contributed by atoms with Gasteiger partial charge in [0, 0.05) is 56.9 Å². The Hall–Kier alpha value is -3.88. The average molecular weight is 623 g/mol. The molecule has 0 bridgehead atoms. The van der Waals surface area contributed by atoms with Crippen molar-refractivity contribution in [2.75, 3.05) is 77.1 Å². The van der Waals surface area contributed by atoms with E-state index in [2.05, 4.69) is 11.5 Å². The second-order valence-electron chi connectivity index (χ2n) is 10.9. The van der Waals surface area contributed by atoms with Gasteiger partial charge in [0.1, 0.15) is 5.76 Å². The Balaban J connectivity index is 1.51. The number of carbonyl (C=O) groups is 3. The number of likely N-dealkylation sites (tertiary alicyclic amines) is 1. The number of ether oxygens (including phenoxy) is 2. The SMILES string of the molecule is C=CCN1C(=O)C2(/C(=C(/O)c3cccc(S(=O)(=O)N4CCOCC4)c3)C(=O)C(=O)N2CCN2CCOCC2)c2ccccc21. The van der Waals surface area contributed by atoms with E-state index in [1.807, 2.05) is 0 Å². The van der Waals surface area contributed by atoms with Crippen molar-refractivity contribution in [3.63, 3.8) is 0 Å². The number of rotatable bonds is 8. The highest BCUT2D eigenvalue weighted by atomic mass is 32.2. The third-order valence-corrected chi connectivity index (χ3v) is 10.5. The van der Waals surface area contributed by atoms with E-state index in [1.165, 1.54) is 38.4 Å². The Morgan fingerprint density at radius 2 is 1.61 bits per heavy atom. The highest BCUT2D eigenvalue weighted by molar-refractivity contribution is 7.89. The highest BCUT2D eigenvalue weighted by Gasteiger charge is 2.67. The highest BCUT2D eigenvalue weighted by Crippen LogP contribution is 2.53. The molecule has 3 fully saturated rings. The molecule has 4 aliphatic heterocycles. The number of aliphatic hydroxyl groups is 1. The van der Waals surface area contributed by atoms with Gasteiger partial charge in [0.25, 0.3) is 17.6 Å². The van der Waals surface area contributed by atoms with Crippen molar-refractivity contribution in [3.8, 4) is 0 Å². The molecule has 2 amide bonds. The Labute approximate surface area is 255 Å².